The first-order chi connectivity index (χ1) is 5.24. The van der Waals surface area contributed by atoms with Crippen molar-refractivity contribution >= 4 is 5.78 Å². The third kappa shape index (κ3) is 2.27. The van der Waals surface area contributed by atoms with Crippen LogP contribution in [0.3, 0.4) is 0 Å². The number of hydrogen-bond donors (Lipinski definition) is 0. The van der Waals surface area contributed by atoms with Crippen molar-refractivity contribution in [2.24, 2.45) is 5.92 Å². The van der Waals surface area contributed by atoms with Crippen molar-refractivity contribution in [3.8, 4) is 0 Å². The van der Waals surface area contributed by atoms with Gasteiger partial charge in [0.25, 0.3) is 0 Å². The number of piperidine rings is 1. The van der Waals surface area contributed by atoms with E-state index in [9.17, 15) is 4.79 Å². The van der Waals surface area contributed by atoms with E-state index in [1.54, 1.807) is 0 Å². The van der Waals surface area contributed by atoms with E-state index in [0.717, 1.165) is 13.1 Å². The van der Waals surface area contributed by atoms with Crippen molar-refractivity contribution < 1.29 is 9.63 Å². The van der Waals surface area contributed by atoms with Gasteiger partial charge in [0.2, 0.25) is 0 Å². The number of carbonyl (C=O) groups is 1. The van der Waals surface area contributed by atoms with Gasteiger partial charge in [-0.25, -0.2) is 0 Å². The molecule has 0 aromatic rings. The molecule has 64 valence electrons. The zero-order chi connectivity index (χ0) is 8.27. The number of carbonyl (C=O) groups excluding carboxylic acids is 1. The van der Waals surface area contributed by atoms with E-state index in [-0.39, 0.29) is 5.92 Å². The lowest BCUT2D eigenvalue weighted by Gasteiger charge is -2.28. The fourth-order valence-electron chi connectivity index (χ4n) is 1.28. The van der Waals surface area contributed by atoms with Gasteiger partial charge in [-0.2, -0.15) is 5.06 Å². The molecule has 0 N–H and O–H groups in total. The second-order valence-corrected chi connectivity index (χ2v) is 2.92. The normalized spacial score (nSPS) is 27.5. The highest BCUT2D eigenvalue weighted by atomic mass is 16.7. The van der Waals surface area contributed by atoms with Crippen LogP contribution in [0.5, 0.6) is 0 Å². The Balaban J connectivity index is 2.33. The molecule has 0 aromatic carbocycles. The van der Waals surface area contributed by atoms with Crippen LogP contribution >= 0.6 is 0 Å². The quantitative estimate of drug-likeness (QED) is 0.595. The summed E-state index contributed by atoms with van der Waals surface area (Å²) >= 11 is 0. The van der Waals surface area contributed by atoms with Gasteiger partial charge in [0.1, 0.15) is 5.78 Å². The topological polar surface area (TPSA) is 29.5 Å². The maximum Gasteiger partial charge on any atom is 0.138 e. The fraction of sp³-hybridized carbons (Fsp3) is 0.875. The van der Waals surface area contributed by atoms with E-state index in [1.807, 2.05) is 18.9 Å². The highest BCUT2D eigenvalue weighted by Crippen LogP contribution is 2.11. The summed E-state index contributed by atoms with van der Waals surface area (Å²) in [6.45, 7) is 6.12. The average molecular weight is 157 g/mol. The molecule has 1 fully saturated rings. The Labute approximate surface area is 67.3 Å². The lowest BCUT2D eigenvalue weighted by Crippen LogP contribution is -2.39. The predicted molar refractivity (Wildman–Crippen MR) is 42.0 cm³/mol. The summed E-state index contributed by atoms with van der Waals surface area (Å²) in [5, 5.41) is 1.88. The maximum absolute atomic E-state index is 11.1. The lowest BCUT2D eigenvalue weighted by molar-refractivity contribution is -0.177. The van der Waals surface area contributed by atoms with E-state index in [1.165, 1.54) is 0 Å². The molecule has 1 atom stereocenters. The van der Waals surface area contributed by atoms with Gasteiger partial charge in [-0.05, 0) is 6.92 Å². The van der Waals surface area contributed by atoms with Gasteiger partial charge in [-0.3, -0.25) is 9.63 Å². The summed E-state index contributed by atoms with van der Waals surface area (Å²) in [5.74, 6) is 0.510. The summed E-state index contributed by atoms with van der Waals surface area (Å²) in [4.78, 5) is 16.3. The molecule has 1 aliphatic rings. The first-order valence-corrected chi connectivity index (χ1v) is 4.14. The molecule has 1 saturated heterocycles. The van der Waals surface area contributed by atoms with Crippen LogP contribution in [-0.2, 0) is 9.63 Å². The van der Waals surface area contributed by atoms with Gasteiger partial charge in [0.15, 0.2) is 0 Å². The molecule has 1 aliphatic heterocycles. The Bertz CT molecular complexity index is 147. The van der Waals surface area contributed by atoms with Crippen molar-refractivity contribution in [2.45, 2.75) is 20.3 Å². The minimum atomic E-state index is 0.148. The highest BCUT2D eigenvalue weighted by molar-refractivity contribution is 5.81. The molecular weight excluding hydrogens is 142 g/mol. The summed E-state index contributed by atoms with van der Waals surface area (Å²) in [6.07, 6.45) is 0.640. The smallest absolute Gasteiger partial charge is 0.138 e. The van der Waals surface area contributed by atoms with Crippen LogP contribution in [-0.4, -0.2) is 30.5 Å². The maximum atomic E-state index is 11.1. The SMILES string of the molecule is CCON1CCC(=O)C(C)C1. The summed E-state index contributed by atoms with van der Waals surface area (Å²) in [7, 11) is 0. The summed E-state index contributed by atoms with van der Waals surface area (Å²) < 4.78 is 0. The van der Waals surface area contributed by atoms with E-state index in [2.05, 4.69) is 0 Å². The number of Topliss-reactive ketones (excluding diaryl/α,β-unsaturated/α-hetero) is 1. The zero-order valence-corrected chi connectivity index (χ0v) is 7.17. The second kappa shape index (κ2) is 3.83. The van der Waals surface area contributed by atoms with E-state index in [4.69, 9.17) is 4.84 Å². The monoisotopic (exact) mass is 157 g/mol. The van der Waals surface area contributed by atoms with Gasteiger partial charge in [0.05, 0.1) is 6.61 Å². The minimum absolute atomic E-state index is 0.148. The molecule has 3 heteroatoms. The zero-order valence-electron chi connectivity index (χ0n) is 7.17. The molecule has 1 heterocycles. The molecule has 0 bridgehead atoms. The van der Waals surface area contributed by atoms with Crippen LogP contribution in [0.2, 0.25) is 0 Å². The number of nitrogens with zero attached hydrogens (tertiary/aromatic N) is 1. The number of hydrogen-bond acceptors (Lipinski definition) is 3. The van der Waals surface area contributed by atoms with Crippen molar-refractivity contribution in [2.75, 3.05) is 19.7 Å². The van der Waals surface area contributed by atoms with E-state index in [0.29, 0.717) is 18.8 Å². The van der Waals surface area contributed by atoms with Crippen LogP contribution in [0.4, 0.5) is 0 Å². The second-order valence-electron chi connectivity index (χ2n) is 2.92. The van der Waals surface area contributed by atoms with Crippen LogP contribution < -0.4 is 0 Å². The van der Waals surface area contributed by atoms with Crippen LogP contribution in [0.25, 0.3) is 0 Å². The Hall–Kier alpha value is -0.410. The average Bonchev–Trinajstić information content (AvgIpc) is 1.98. The van der Waals surface area contributed by atoms with Crippen molar-refractivity contribution in [1.29, 1.82) is 0 Å². The largest absolute Gasteiger partial charge is 0.299 e. The number of hydroxylamine groups is 2. The van der Waals surface area contributed by atoms with Crippen LogP contribution in [0.15, 0.2) is 0 Å². The molecule has 1 rings (SSSR count). The minimum Gasteiger partial charge on any atom is -0.299 e. The van der Waals surface area contributed by atoms with Gasteiger partial charge in [-0.15, -0.1) is 0 Å². The number of ketones is 1. The van der Waals surface area contributed by atoms with Gasteiger partial charge < -0.3 is 0 Å². The molecular formula is C8H15NO2. The fourth-order valence-corrected chi connectivity index (χ4v) is 1.28. The molecule has 0 spiro atoms. The Morgan fingerprint density at radius 1 is 1.73 bits per heavy atom. The van der Waals surface area contributed by atoms with Crippen molar-refractivity contribution in [3.63, 3.8) is 0 Å². The van der Waals surface area contributed by atoms with Crippen LogP contribution in [0.1, 0.15) is 20.3 Å². The standard InChI is InChI=1S/C8H15NO2/c1-3-11-9-5-4-8(10)7(2)6-9/h7H,3-6H2,1-2H3. The molecule has 3 nitrogen and oxygen atoms in total. The van der Waals surface area contributed by atoms with Crippen molar-refractivity contribution in [1.82, 2.24) is 5.06 Å². The predicted octanol–water partition coefficient (Wildman–Crippen LogP) is 0.849. The van der Waals surface area contributed by atoms with Crippen molar-refractivity contribution in [3.05, 3.63) is 0 Å². The Morgan fingerprint density at radius 2 is 2.45 bits per heavy atom. The third-order valence-corrected chi connectivity index (χ3v) is 1.95. The molecule has 0 aromatic heterocycles. The molecule has 0 aliphatic carbocycles. The van der Waals surface area contributed by atoms with E-state index < -0.39 is 0 Å². The van der Waals surface area contributed by atoms with E-state index >= 15 is 0 Å². The lowest BCUT2D eigenvalue weighted by atomic mass is 10.0. The molecule has 11 heavy (non-hydrogen) atoms. The number of rotatable bonds is 2. The first kappa shape index (κ1) is 8.68. The molecule has 1 unspecified atom stereocenters. The molecule has 0 amide bonds. The molecule has 0 saturated carbocycles. The third-order valence-electron chi connectivity index (χ3n) is 1.95. The Kier molecular flexibility index (Phi) is 3.02. The highest BCUT2D eigenvalue weighted by Gasteiger charge is 2.23. The van der Waals surface area contributed by atoms with Gasteiger partial charge >= 0.3 is 0 Å². The first-order valence-electron chi connectivity index (χ1n) is 4.14. The van der Waals surface area contributed by atoms with Gasteiger partial charge in [-0.1, -0.05) is 6.92 Å². The van der Waals surface area contributed by atoms with Gasteiger partial charge in [0, 0.05) is 25.4 Å². The van der Waals surface area contributed by atoms with Crippen LogP contribution in [0, 0.1) is 5.92 Å². The molecule has 0 radical (unpaired) electrons. The summed E-state index contributed by atoms with van der Waals surface area (Å²) in [5.41, 5.74) is 0. The Morgan fingerprint density at radius 3 is 3.00 bits per heavy atom. The summed E-state index contributed by atoms with van der Waals surface area (Å²) in [6, 6.07) is 0.